The summed E-state index contributed by atoms with van der Waals surface area (Å²) in [4.78, 5) is 15.4. The predicted octanol–water partition coefficient (Wildman–Crippen LogP) is 12.9. The van der Waals surface area contributed by atoms with Crippen molar-refractivity contribution in [3.63, 3.8) is 0 Å². The van der Waals surface area contributed by atoms with Gasteiger partial charge in [-0.15, -0.1) is 0 Å². The molecule has 0 radical (unpaired) electrons. The van der Waals surface area contributed by atoms with Gasteiger partial charge in [0.15, 0.2) is 17.5 Å². The Bertz CT molecular complexity index is 2930. The van der Waals surface area contributed by atoms with Gasteiger partial charge in [-0.25, -0.2) is 15.0 Å². The van der Waals surface area contributed by atoms with Crippen molar-refractivity contribution in [1.82, 2.24) is 15.0 Å². The number of aromatic nitrogens is 3. The molecule has 4 heteroatoms. The van der Waals surface area contributed by atoms with E-state index in [-0.39, 0.29) is 0 Å². The van der Waals surface area contributed by atoms with Crippen molar-refractivity contribution in [2.75, 3.05) is 0 Å². The lowest BCUT2D eigenvalue weighted by Crippen LogP contribution is -2.00. The highest BCUT2D eigenvalue weighted by molar-refractivity contribution is 6.15. The van der Waals surface area contributed by atoms with Gasteiger partial charge in [-0.2, -0.15) is 0 Å². The molecule has 2 aromatic heterocycles. The van der Waals surface area contributed by atoms with Gasteiger partial charge in [0, 0.05) is 33.0 Å². The molecule has 4 nitrogen and oxygen atoms in total. The van der Waals surface area contributed by atoms with Gasteiger partial charge in [0.25, 0.3) is 0 Å². The number of para-hydroxylation sites is 1. The Balaban J connectivity index is 1.10. The lowest BCUT2D eigenvalue weighted by molar-refractivity contribution is 0.670. The maximum absolute atomic E-state index is 6.58. The number of furan rings is 1. The number of hydrogen-bond acceptors (Lipinski definition) is 4. The second-order valence-corrected chi connectivity index (χ2v) is 13.2. The molecule has 2 heterocycles. The fraction of sp³-hybridized carbons (Fsp3) is 0. The molecule has 0 bridgehead atoms. The summed E-state index contributed by atoms with van der Waals surface area (Å²) < 4.78 is 6.58. The van der Waals surface area contributed by atoms with Crippen LogP contribution in [0.2, 0.25) is 0 Å². The van der Waals surface area contributed by atoms with Gasteiger partial charge in [-0.3, -0.25) is 0 Å². The number of hydrogen-bond donors (Lipinski definition) is 0. The highest BCUT2D eigenvalue weighted by atomic mass is 16.3. The molecule has 53 heavy (non-hydrogen) atoms. The molecule has 0 aliphatic rings. The van der Waals surface area contributed by atoms with Gasteiger partial charge in [-0.05, 0) is 68.9 Å². The first-order valence-corrected chi connectivity index (χ1v) is 17.8. The summed E-state index contributed by atoms with van der Waals surface area (Å²) in [5, 5.41) is 4.49. The molecular weight excluding hydrogens is 647 g/mol. The van der Waals surface area contributed by atoms with Crippen LogP contribution in [-0.2, 0) is 0 Å². The van der Waals surface area contributed by atoms with Crippen molar-refractivity contribution < 1.29 is 4.42 Å². The summed E-state index contributed by atoms with van der Waals surface area (Å²) in [6, 6.07) is 65.2. The Morgan fingerprint density at radius 1 is 0.321 bits per heavy atom. The standard InChI is InChI=1S/C49H31N3O/c1-3-13-35(14-4-1)41-28-29-43(45-42-20-9-10-21-44(42)53-46(41)45)49-51-47(36-15-5-2-6-16-36)50-48(52-49)40-19-11-18-38(31-40)33-22-24-34(25-23-33)39-27-26-32-12-7-8-17-37(32)30-39/h1-31H. The first kappa shape index (κ1) is 30.6. The predicted molar refractivity (Wildman–Crippen MR) is 217 cm³/mol. The van der Waals surface area contributed by atoms with E-state index in [0.717, 1.165) is 60.9 Å². The molecule has 10 rings (SSSR count). The molecule has 8 aromatic carbocycles. The Kier molecular flexibility index (Phi) is 7.43. The second-order valence-electron chi connectivity index (χ2n) is 13.2. The highest BCUT2D eigenvalue weighted by Gasteiger charge is 2.20. The number of benzene rings is 8. The topological polar surface area (TPSA) is 51.8 Å². The molecule has 0 unspecified atom stereocenters. The average Bonchev–Trinajstić information content (AvgIpc) is 3.64. The quantitative estimate of drug-likeness (QED) is 0.176. The summed E-state index contributed by atoms with van der Waals surface area (Å²) in [6.45, 7) is 0. The van der Waals surface area contributed by atoms with E-state index in [4.69, 9.17) is 19.4 Å². The zero-order valence-electron chi connectivity index (χ0n) is 28.6. The van der Waals surface area contributed by atoms with Crippen LogP contribution in [0.1, 0.15) is 0 Å². The Hall–Kier alpha value is -7.17. The van der Waals surface area contributed by atoms with Crippen LogP contribution in [0.4, 0.5) is 0 Å². The van der Waals surface area contributed by atoms with Crippen molar-refractivity contribution in [2.45, 2.75) is 0 Å². The van der Waals surface area contributed by atoms with Crippen LogP contribution in [0.15, 0.2) is 192 Å². The maximum atomic E-state index is 6.58. The maximum Gasteiger partial charge on any atom is 0.164 e. The number of fused-ring (bicyclic) bond motifs is 4. The molecule has 0 aliphatic heterocycles. The molecule has 0 spiro atoms. The third kappa shape index (κ3) is 5.63. The molecule has 248 valence electrons. The first-order valence-electron chi connectivity index (χ1n) is 17.8. The Morgan fingerprint density at radius 2 is 0.868 bits per heavy atom. The molecule has 0 saturated heterocycles. The molecule has 0 saturated carbocycles. The molecule has 0 atom stereocenters. The Morgan fingerprint density at radius 3 is 1.64 bits per heavy atom. The third-order valence-corrected chi connectivity index (χ3v) is 9.94. The minimum absolute atomic E-state index is 0.593. The van der Waals surface area contributed by atoms with Crippen LogP contribution in [0, 0.1) is 0 Å². The van der Waals surface area contributed by atoms with Crippen LogP contribution in [0.25, 0.3) is 100 Å². The minimum atomic E-state index is 0.593. The van der Waals surface area contributed by atoms with E-state index in [2.05, 4.69) is 133 Å². The molecule has 0 amide bonds. The monoisotopic (exact) mass is 677 g/mol. The van der Waals surface area contributed by atoms with Crippen LogP contribution in [-0.4, -0.2) is 15.0 Å². The van der Waals surface area contributed by atoms with E-state index >= 15 is 0 Å². The Labute approximate surface area is 306 Å². The SMILES string of the molecule is c1ccc(-c2nc(-c3cccc(-c4ccc(-c5ccc6ccccc6c5)cc4)c3)nc(-c3ccc(-c4ccccc4)c4oc5ccccc5c34)n2)cc1. The van der Waals surface area contributed by atoms with Gasteiger partial charge in [0.1, 0.15) is 11.2 Å². The van der Waals surface area contributed by atoms with Gasteiger partial charge >= 0.3 is 0 Å². The molecule has 0 aliphatic carbocycles. The van der Waals surface area contributed by atoms with E-state index in [1.54, 1.807) is 0 Å². The molecule has 10 aromatic rings. The zero-order chi connectivity index (χ0) is 35.1. The molecular formula is C49H31N3O. The summed E-state index contributed by atoms with van der Waals surface area (Å²) in [5.74, 6) is 1.82. The van der Waals surface area contributed by atoms with E-state index in [0.29, 0.717) is 17.5 Å². The van der Waals surface area contributed by atoms with Crippen LogP contribution < -0.4 is 0 Å². The summed E-state index contributed by atoms with van der Waals surface area (Å²) in [7, 11) is 0. The van der Waals surface area contributed by atoms with Crippen LogP contribution in [0.3, 0.4) is 0 Å². The third-order valence-electron chi connectivity index (χ3n) is 9.94. The first-order chi connectivity index (χ1) is 26.2. The second kappa shape index (κ2) is 12.9. The van der Waals surface area contributed by atoms with Gasteiger partial charge < -0.3 is 4.42 Å². The lowest BCUT2D eigenvalue weighted by Gasteiger charge is -2.12. The van der Waals surface area contributed by atoms with Crippen molar-refractivity contribution in [3.05, 3.63) is 188 Å². The van der Waals surface area contributed by atoms with Crippen molar-refractivity contribution in [2.24, 2.45) is 0 Å². The smallest absolute Gasteiger partial charge is 0.164 e. The summed E-state index contributed by atoms with van der Waals surface area (Å²) in [5.41, 5.74) is 11.1. The van der Waals surface area contributed by atoms with E-state index in [9.17, 15) is 0 Å². The van der Waals surface area contributed by atoms with E-state index in [1.165, 1.54) is 21.9 Å². The van der Waals surface area contributed by atoms with Crippen LogP contribution >= 0.6 is 0 Å². The largest absolute Gasteiger partial charge is 0.455 e. The number of rotatable bonds is 6. The van der Waals surface area contributed by atoms with Gasteiger partial charge in [0.2, 0.25) is 0 Å². The lowest BCUT2D eigenvalue weighted by atomic mass is 9.97. The molecule has 0 N–H and O–H groups in total. The van der Waals surface area contributed by atoms with Crippen molar-refractivity contribution in [1.29, 1.82) is 0 Å². The minimum Gasteiger partial charge on any atom is -0.455 e. The fourth-order valence-electron chi connectivity index (χ4n) is 7.26. The van der Waals surface area contributed by atoms with Crippen molar-refractivity contribution in [3.8, 4) is 67.5 Å². The zero-order valence-corrected chi connectivity index (χ0v) is 28.6. The molecule has 0 fully saturated rings. The van der Waals surface area contributed by atoms with E-state index < -0.39 is 0 Å². The van der Waals surface area contributed by atoms with Crippen LogP contribution in [0.5, 0.6) is 0 Å². The van der Waals surface area contributed by atoms with E-state index in [1.807, 2.05) is 54.6 Å². The van der Waals surface area contributed by atoms with Crippen molar-refractivity contribution >= 4 is 32.7 Å². The fourth-order valence-corrected chi connectivity index (χ4v) is 7.26. The summed E-state index contributed by atoms with van der Waals surface area (Å²) in [6.07, 6.45) is 0. The highest BCUT2D eigenvalue weighted by Crippen LogP contribution is 2.41. The average molecular weight is 678 g/mol. The summed E-state index contributed by atoms with van der Waals surface area (Å²) >= 11 is 0. The van der Waals surface area contributed by atoms with Gasteiger partial charge in [-0.1, -0.05) is 158 Å². The number of nitrogens with zero attached hydrogens (tertiary/aromatic N) is 3. The normalized spacial score (nSPS) is 11.4. The van der Waals surface area contributed by atoms with Gasteiger partial charge in [0.05, 0.1) is 0 Å².